The lowest BCUT2D eigenvalue weighted by Crippen LogP contribution is -2.51. The molecule has 0 aliphatic heterocycles. The van der Waals surface area contributed by atoms with Gasteiger partial charge in [-0.15, -0.1) is 0 Å². The van der Waals surface area contributed by atoms with E-state index in [1.807, 2.05) is 30.3 Å². The number of amides is 1. The molecule has 9 heteroatoms. The first kappa shape index (κ1) is 26.0. The van der Waals surface area contributed by atoms with Crippen molar-refractivity contribution in [2.24, 2.45) is 5.92 Å². The van der Waals surface area contributed by atoms with Crippen LogP contribution in [-0.2, 0) is 21.2 Å². The SMILES string of the molecule is [2H]C(C(C)C)N(C[C@@H](O)[C@H](Cc1ccccc1)NC(=O)OC(C)(C)C)S(=O)(=O)c1ccc(N)cc1. The van der Waals surface area contributed by atoms with Crippen LogP contribution in [0.2, 0.25) is 0 Å². The lowest BCUT2D eigenvalue weighted by Gasteiger charge is -2.31. The maximum absolute atomic E-state index is 13.5. The molecule has 1 unspecified atom stereocenters. The van der Waals surface area contributed by atoms with E-state index in [2.05, 4.69) is 5.32 Å². The second-order valence-electron chi connectivity index (χ2n) is 9.55. The Morgan fingerprint density at radius 1 is 1.15 bits per heavy atom. The largest absolute Gasteiger partial charge is 0.444 e. The molecule has 8 nitrogen and oxygen atoms in total. The first-order chi connectivity index (χ1) is 16.2. The van der Waals surface area contributed by atoms with Gasteiger partial charge in [0.05, 0.1) is 17.0 Å². The van der Waals surface area contributed by atoms with Gasteiger partial charge in [0.15, 0.2) is 0 Å². The smallest absolute Gasteiger partial charge is 0.407 e. The third-order valence-electron chi connectivity index (χ3n) is 4.78. The Balaban J connectivity index is 2.37. The number of nitrogens with one attached hydrogen (secondary N) is 1. The molecule has 4 N–H and O–H groups in total. The summed E-state index contributed by atoms with van der Waals surface area (Å²) in [6.07, 6.45) is -1.81. The number of aliphatic hydroxyl groups excluding tert-OH is 1. The second-order valence-corrected chi connectivity index (χ2v) is 11.4. The zero-order valence-corrected chi connectivity index (χ0v) is 21.2. The van der Waals surface area contributed by atoms with E-state index in [9.17, 15) is 18.3 Å². The number of benzene rings is 2. The van der Waals surface area contributed by atoms with Gasteiger partial charge >= 0.3 is 6.09 Å². The van der Waals surface area contributed by atoms with Gasteiger partial charge in [-0.25, -0.2) is 13.2 Å². The molecular weight excluding hydrogens is 454 g/mol. The monoisotopic (exact) mass is 492 g/mol. The number of ether oxygens (including phenoxy) is 1. The molecule has 0 aliphatic rings. The molecule has 0 heterocycles. The van der Waals surface area contributed by atoms with E-state index in [1.54, 1.807) is 34.6 Å². The summed E-state index contributed by atoms with van der Waals surface area (Å²) in [6, 6.07) is 14.0. The van der Waals surface area contributed by atoms with Gasteiger partial charge in [-0.1, -0.05) is 44.2 Å². The minimum Gasteiger partial charge on any atom is -0.444 e. The molecule has 0 aliphatic carbocycles. The van der Waals surface area contributed by atoms with Crippen LogP contribution in [0.1, 0.15) is 41.6 Å². The minimum atomic E-state index is -4.13. The predicted octanol–water partition coefficient (Wildman–Crippen LogP) is 3.41. The summed E-state index contributed by atoms with van der Waals surface area (Å²) in [5.74, 6) is -0.350. The number of carbonyl (C=O) groups excluding carboxylic acids is 1. The summed E-state index contributed by atoms with van der Waals surface area (Å²) in [7, 11) is -4.13. The zero-order chi connectivity index (χ0) is 26.4. The highest BCUT2D eigenvalue weighted by Crippen LogP contribution is 2.20. The van der Waals surface area contributed by atoms with Crippen molar-refractivity contribution in [2.75, 3.05) is 18.8 Å². The van der Waals surface area contributed by atoms with Crippen molar-refractivity contribution in [3.8, 4) is 0 Å². The molecule has 3 atom stereocenters. The molecule has 2 aromatic rings. The summed E-state index contributed by atoms with van der Waals surface area (Å²) < 4.78 is 41.8. The number of carbonyl (C=O) groups is 1. The molecule has 0 bridgehead atoms. The Morgan fingerprint density at radius 2 is 1.74 bits per heavy atom. The zero-order valence-electron chi connectivity index (χ0n) is 21.4. The molecule has 34 heavy (non-hydrogen) atoms. The van der Waals surface area contributed by atoms with Crippen LogP contribution in [0.25, 0.3) is 0 Å². The number of anilines is 1. The topological polar surface area (TPSA) is 122 Å². The summed E-state index contributed by atoms with van der Waals surface area (Å²) in [5.41, 5.74) is 6.20. The average molecular weight is 493 g/mol. The number of rotatable bonds is 10. The standard InChI is InChI=1S/C25H37N3O5S/c1-18(2)16-28(34(31,32)21-13-11-20(26)12-14-21)17-23(29)22(15-19-9-7-6-8-10-19)27-24(30)33-25(3,4)5/h6-14,18,22-23,29H,15-17,26H2,1-5H3,(H,27,30)/t22-,23+/m0/s1/i16D/t16?,22-,23+. The molecule has 0 aromatic heterocycles. The van der Waals surface area contributed by atoms with Crippen LogP contribution in [0.4, 0.5) is 10.5 Å². The Morgan fingerprint density at radius 3 is 2.26 bits per heavy atom. The Labute approximate surface area is 204 Å². The number of nitrogens with zero attached hydrogens (tertiary/aromatic N) is 1. The minimum absolute atomic E-state index is 0.0310. The molecule has 1 amide bonds. The van der Waals surface area contributed by atoms with E-state index >= 15 is 0 Å². The van der Waals surface area contributed by atoms with E-state index in [1.165, 1.54) is 24.3 Å². The van der Waals surface area contributed by atoms with E-state index < -0.39 is 46.9 Å². The first-order valence-corrected chi connectivity index (χ1v) is 12.7. The van der Waals surface area contributed by atoms with Crippen LogP contribution in [0, 0.1) is 5.92 Å². The number of nitrogens with two attached hydrogens (primary N) is 1. The van der Waals surface area contributed by atoms with Gasteiger partial charge in [-0.3, -0.25) is 0 Å². The van der Waals surface area contributed by atoms with Crippen LogP contribution in [0.15, 0.2) is 59.5 Å². The number of hydrogen-bond donors (Lipinski definition) is 3. The van der Waals surface area contributed by atoms with Gasteiger partial charge in [0.2, 0.25) is 10.0 Å². The highest BCUT2D eigenvalue weighted by Gasteiger charge is 2.32. The van der Waals surface area contributed by atoms with Gasteiger partial charge in [-0.05, 0) is 62.9 Å². The van der Waals surface area contributed by atoms with Crippen molar-refractivity contribution >= 4 is 21.8 Å². The molecule has 0 radical (unpaired) electrons. The fourth-order valence-corrected chi connectivity index (χ4v) is 4.77. The van der Waals surface area contributed by atoms with Gasteiger partial charge in [-0.2, -0.15) is 4.31 Å². The fourth-order valence-electron chi connectivity index (χ4n) is 3.27. The van der Waals surface area contributed by atoms with Crippen molar-refractivity contribution in [3.05, 3.63) is 60.2 Å². The molecule has 188 valence electrons. The average Bonchev–Trinajstić information content (AvgIpc) is 2.76. The third-order valence-corrected chi connectivity index (χ3v) is 6.54. The molecule has 0 spiro atoms. The lowest BCUT2D eigenvalue weighted by atomic mass is 10.0. The highest BCUT2D eigenvalue weighted by molar-refractivity contribution is 7.89. The molecular formula is C25H37N3O5S. The van der Waals surface area contributed by atoms with Crippen LogP contribution >= 0.6 is 0 Å². The highest BCUT2D eigenvalue weighted by atomic mass is 32.2. The lowest BCUT2D eigenvalue weighted by molar-refractivity contribution is 0.0400. The fraction of sp³-hybridized carbons (Fsp3) is 0.480. The first-order valence-electron chi connectivity index (χ1n) is 11.8. The predicted molar refractivity (Wildman–Crippen MR) is 134 cm³/mol. The number of nitrogen functional groups attached to an aromatic ring is 1. The van der Waals surface area contributed by atoms with Crippen molar-refractivity contribution < 1.29 is 24.4 Å². The van der Waals surface area contributed by atoms with Crippen molar-refractivity contribution in [1.29, 1.82) is 0 Å². The quantitative estimate of drug-likeness (QED) is 0.437. The molecule has 0 fully saturated rings. The van der Waals surface area contributed by atoms with Crippen molar-refractivity contribution in [3.63, 3.8) is 0 Å². The summed E-state index contributed by atoms with van der Waals surface area (Å²) >= 11 is 0. The summed E-state index contributed by atoms with van der Waals surface area (Å²) in [6.45, 7) is 7.08. The van der Waals surface area contributed by atoms with E-state index in [0.29, 0.717) is 5.69 Å². The van der Waals surface area contributed by atoms with Crippen LogP contribution < -0.4 is 11.1 Å². The Kier molecular flexibility index (Phi) is 8.93. The van der Waals surface area contributed by atoms with E-state index in [0.717, 1.165) is 9.87 Å². The molecule has 2 rings (SSSR count). The van der Waals surface area contributed by atoms with E-state index in [-0.39, 0.29) is 17.2 Å². The number of alkyl carbamates (subject to hydrolysis) is 1. The summed E-state index contributed by atoms with van der Waals surface area (Å²) in [4.78, 5) is 12.5. The summed E-state index contributed by atoms with van der Waals surface area (Å²) in [5, 5.41) is 13.9. The normalized spacial score (nSPS) is 15.5. The van der Waals surface area contributed by atoms with Gasteiger partial charge < -0.3 is 20.9 Å². The van der Waals surface area contributed by atoms with Crippen molar-refractivity contribution in [1.82, 2.24) is 9.62 Å². The van der Waals surface area contributed by atoms with Crippen LogP contribution in [-0.4, -0.2) is 54.7 Å². The van der Waals surface area contributed by atoms with E-state index in [4.69, 9.17) is 11.8 Å². The van der Waals surface area contributed by atoms with Gasteiger partial charge in [0.25, 0.3) is 0 Å². The molecule has 0 saturated heterocycles. The molecule has 0 saturated carbocycles. The van der Waals surface area contributed by atoms with Crippen LogP contribution in [0.3, 0.4) is 0 Å². The number of sulfonamides is 1. The third kappa shape index (κ3) is 8.62. The van der Waals surface area contributed by atoms with Gasteiger partial charge in [0.1, 0.15) is 5.60 Å². The number of hydrogen-bond acceptors (Lipinski definition) is 6. The Bertz CT molecular complexity index is 1060. The maximum atomic E-state index is 13.5. The maximum Gasteiger partial charge on any atom is 0.407 e. The Hall–Kier alpha value is -2.62. The van der Waals surface area contributed by atoms with Crippen molar-refractivity contribution in [2.45, 2.75) is 63.7 Å². The second kappa shape index (κ2) is 11.7. The van der Waals surface area contributed by atoms with Gasteiger partial charge in [0, 0.05) is 20.1 Å². The molecule has 2 aromatic carbocycles. The van der Waals surface area contributed by atoms with Crippen LogP contribution in [0.5, 0.6) is 0 Å². The number of aliphatic hydroxyl groups is 1.